The maximum atomic E-state index is 12.0. The van der Waals surface area contributed by atoms with Crippen LogP contribution in [0.1, 0.15) is 38.2 Å². The minimum absolute atomic E-state index is 0.0308. The highest BCUT2D eigenvalue weighted by Crippen LogP contribution is 2.33. The van der Waals surface area contributed by atoms with Crippen LogP contribution in [0.3, 0.4) is 0 Å². The van der Waals surface area contributed by atoms with Crippen LogP contribution in [0, 0.1) is 5.41 Å². The highest BCUT2D eigenvalue weighted by molar-refractivity contribution is 8.00. The van der Waals surface area contributed by atoms with Gasteiger partial charge in [0.2, 0.25) is 11.8 Å². The molecule has 0 bridgehead atoms. The Labute approximate surface area is 245 Å². The summed E-state index contributed by atoms with van der Waals surface area (Å²) < 4.78 is 21.7. The van der Waals surface area contributed by atoms with E-state index in [1.54, 1.807) is 25.1 Å². The zero-order valence-corrected chi connectivity index (χ0v) is 24.5. The first kappa shape index (κ1) is 32.8. The van der Waals surface area contributed by atoms with E-state index in [9.17, 15) is 14.4 Å². The molecule has 0 spiro atoms. The van der Waals surface area contributed by atoms with Gasteiger partial charge in [0.05, 0.1) is 58.3 Å². The van der Waals surface area contributed by atoms with Gasteiger partial charge in [0, 0.05) is 35.4 Å². The third kappa shape index (κ3) is 12.8. The molecule has 2 fully saturated rings. The van der Waals surface area contributed by atoms with Gasteiger partial charge in [0.25, 0.3) is 0 Å². The van der Waals surface area contributed by atoms with Crippen LogP contribution in [-0.2, 0) is 28.5 Å². The number of benzene rings is 1. The first-order chi connectivity index (χ1) is 19.9. The third-order valence-electron chi connectivity index (χ3n) is 6.58. The van der Waals surface area contributed by atoms with Crippen LogP contribution in [0.5, 0.6) is 0 Å². The Morgan fingerprint density at radius 3 is 2.41 bits per heavy atom. The molecule has 0 aromatic heterocycles. The van der Waals surface area contributed by atoms with Crippen LogP contribution < -0.4 is 21.3 Å². The van der Waals surface area contributed by atoms with Gasteiger partial charge in [-0.3, -0.25) is 9.59 Å². The van der Waals surface area contributed by atoms with Crippen molar-refractivity contribution < 1.29 is 33.3 Å². The Kier molecular flexibility index (Phi) is 14.9. The number of amides is 4. The first-order valence-electron chi connectivity index (χ1n) is 14.1. The lowest BCUT2D eigenvalue weighted by Crippen LogP contribution is -2.36. The van der Waals surface area contributed by atoms with E-state index in [2.05, 4.69) is 21.3 Å². The number of hydrogen-bond donors (Lipinski definition) is 5. The van der Waals surface area contributed by atoms with Crippen molar-refractivity contribution in [3.63, 3.8) is 0 Å². The minimum Gasteiger partial charge on any atom is -0.377 e. The van der Waals surface area contributed by atoms with Gasteiger partial charge in [-0.15, -0.1) is 0 Å². The molecule has 2 aliphatic heterocycles. The number of unbranched alkanes of at least 4 members (excludes halogenated alkanes) is 1. The number of thioether (sulfide) groups is 1. The summed E-state index contributed by atoms with van der Waals surface area (Å²) in [6.45, 7) is 4.86. The molecule has 2 saturated heterocycles. The maximum absolute atomic E-state index is 12.0. The summed E-state index contributed by atoms with van der Waals surface area (Å²) in [5, 5.41) is 19.6. The van der Waals surface area contributed by atoms with Gasteiger partial charge in [0.15, 0.2) is 0 Å². The van der Waals surface area contributed by atoms with Gasteiger partial charge in [-0.05, 0) is 37.5 Å². The molecule has 1 unspecified atom stereocenters. The zero-order chi connectivity index (χ0) is 29.3. The number of ether oxygens (including phenoxy) is 4. The fourth-order valence-corrected chi connectivity index (χ4v) is 6.02. The maximum Gasteiger partial charge on any atom is 0.315 e. The molecule has 0 aliphatic carbocycles. The molecule has 4 amide bonds. The fraction of sp³-hybridized carbons (Fsp3) is 0.643. The molecule has 13 heteroatoms. The van der Waals surface area contributed by atoms with E-state index in [-0.39, 0.29) is 36.5 Å². The van der Waals surface area contributed by atoms with Crippen molar-refractivity contribution in [2.45, 2.75) is 49.9 Å². The second-order valence-corrected chi connectivity index (χ2v) is 11.1. The molecule has 41 heavy (non-hydrogen) atoms. The zero-order valence-electron chi connectivity index (χ0n) is 23.7. The summed E-state index contributed by atoms with van der Waals surface area (Å²) in [4.78, 5) is 35.4. The number of nitrogens with one attached hydrogen (secondary N) is 5. The summed E-state index contributed by atoms with van der Waals surface area (Å²) in [5.41, 5.74) is 1.82. The number of carbonyl (C=O) groups is 3. The van der Waals surface area contributed by atoms with E-state index < -0.39 is 0 Å². The van der Waals surface area contributed by atoms with E-state index in [0.29, 0.717) is 75.9 Å². The SMILES string of the molecule is CC(=N)c1cccc(NC(=O)COCCOCCOCCOCCNC(=O)CCCCC2SC[C@@H]3NC(=O)N[C@H]23)c1. The van der Waals surface area contributed by atoms with E-state index in [1.165, 1.54) is 0 Å². The van der Waals surface area contributed by atoms with Gasteiger partial charge in [-0.1, -0.05) is 18.6 Å². The Morgan fingerprint density at radius 2 is 1.68 bits per heavy atom. The summed E-state index contributed by atoms with van der Waals surface area (Å²) in [7, 11) is 0. The summed E-state index contributed by atoms with van der Waals surface area (Å²) in [5.74, 6) is 0.722. The standard InChI is InChI=1S/C28H43N5O7S/c1-20(29)21-5-4-6-22(17-21)31-26(35)18-40-16-15-39-14-13-38-12-11-37-10-9-30-25(34)8-3-2-7-24-27-23(19-41-24)32-28(36)33-27/h4-6,17,23-24,27,29H,2-3,7-16,18-19H2,1H3,(H,30,34)(H,31,35)(H2,32,33,36)/t23-,24?,27-/m0/s1. The van der Waals surface area contributed by atoms with Gasteiger partial charge < -0.3 is 45.6 Å². The van der Waals surface area contributed by atoms with Gasteiger partial charge >= 0.3 is 6.03 Å². The Morgan fingerprint density at radius 1 is 0.976 bits per heavy atom. The van der Waals surface area contributed by atoms with Crippen LogP contribution in [0.2, 0.25) is 0 Å². The number of urea groups is 1. The number of hydrogen-bond acceptors (Lipinski definition) is 9. The summed E-state index contributed by atoms with van der Waals surface area (Å²) in [6.07, 6.45) is 3.30. The minimum atomic E-state index is -0.264. The number of rotatable bonds is 21. The molecule has 12 nitrogen and oxygen atoms in total. The highest BCUT2D eigenvalue weighted by Gasteiger charge is 2.42. The Bertz CT molecular complexity index is 998. The molecule has 3 rings (SSSR count). The smallest absolute Gasteiger partial charge is 0.315 e. The van der Waals surface area contributed by atoms with E-state index in [0.717, 1.165) is 30.6 Å². The molecule has 1 aromatic carbocycles. The molecular formula is C28H43N5O7S. The van der Waals surface area contributed by atoms with Crippen LogP contribution in [-0.4, -0.2) is 106 Å². The fourth-order valence-electron chi connectivity index (χ4n) is 4.48. The Hall–Kier alpha value is -2.71. The lowest BCUT2D eigenvalue weighted by Gasteiger charge is -2.16. The van der Waals surface area contributed by atoms with Gasteiger partial charge in [0.1, 0.15) is 6.61 Å². The molecular weight excluding hydrogens is 550 g/mol. The van der Waals surface area contributed by atoms with Crippen molar-refractivity contribution >= 4 is 41.0 Å². The number of anilines is 1. The van der Waals surface area contributed by atoms with Crippen molar-refractivity contribution in [3.05, 3.63) is 29.8 Å². The summed E-state index contributed by atoms with van der Waals surface area (Å²) in [6, 6.07) is 7.52. The molecule has 5 N–H and O–H groups in total. The average Bonchev–Trinajstić information content (AvgIpc) is 3.50. The second-order valence-electron chi connectivity index (χ2n) is 9.86. The van der Waals surface area contributed by atoms with Crippen molar-refractivity contribution in [1.29, 1.82) is 5.41 Å². The predicted molar refractivity (Wildman–Crippen MR) is 158 cm³/mol. The van der Waals surface area contributed by atoms with Crippen LogP contribution in [0.25, 0.3) is 0 Å². The number of fused-ring (bicyclic) bond motifs is 1. The molecule has 1 aromatic rings. The van der Waals surface area contributed by atoms with Crippen molar-refractivity contribution in [2.24, 2.45) is 0 Å². The highest BCUT2D eigenvalue weighted by atomic mass is 32.2. The third-order valence-corrected chi connectivity index (χ3v) is 8.09. The van der Waals surface area contributed by atoms with Gasteiger partial charge in [-0.2, -0.15) is 11.8 Å². The second kappa shape index (κ2) is 18.7. The molecule has 2 heterocycles. The van der Waals surface area contributed by atoms with Gasteiger partial charge in [-0.25, -0.2) is 4.79 Å². The first-order valence-corrected chi connectivity index (χ1v) is 15.2. The largest absolute Gasteiger partial charge is 0.377 e. The number of carbonyl (C=O) groups excluding carboxylic acids is 3. The van der Waals surface area contributed by atoms with E-state index in [1.807, 2.05) is 17.8 Å². The monoisotopic (exact) mass is 593 g/mol. The lowest BCUT2D eigenvalue weighted by atomic mass is 10.0. The van der Waals surface area contributed by atoms with Crippen LogP contribution in [0.15, 0.2) is 24.3 Å². The van der Waals surface area contributed by atoms with E-state index >= 15 is 0 Å². The molecule has 0 saturated carbocycles. The van der Waals surface area contributed by atoms with Crippen molar-refractivity contribution in [3.8, 4) is 0 Å². The van der Waals surface area contributed by atoms with E-state index in [4.69, 9.17) is 24.4 Å². The quantitative estimate of drug-likeness (QED) is 0.0821. The average molecular weight is 594 g/mol. The molecule has 3 atom stereocenters. The predicted octanol–water partition coefficient (Wildman–Crippen LogP) is 1.92. The van der Waals surface area contributed by atoms with Crippen molar-refractivity contribution in [1.82, 2.24) is 16.0 Å². The topological polar surface area (TPSA) is 160 Å². The van der Waals surface area contributed by atoms with Crippen LogP contribution >= 0.6 is 11.8 Å². The molecule has 2 aliphatic rings. The summed E-state index contributed by atoms with van der Waals surface area (Å²) >= 11 is 1.90. The molecule has 228 valence electrons. The molecule has 0 radical (unpaired) electrons. The Balaban J connectivity index is 1.03. The lowest BCUT2D eigenvalue weighted by molar-refractivity contribution is -0.122. The van der Waals surface area contributed by atoms with Crippen LogP contribution in [0.4, 0.5) is 10.5 Å². The normalized spacial score (nSPS) is 19.3. The van der Waals surface area contributed by atoms with Crippen molar-refractivity contribution in [2.75, 3.05) is 70.5 Å².